The monoisotopic (exact) mass is 222 g/mol. The summed E-state index contributed by atoms with van der Waals surface area (Å²) < 4.78 is 1.90. The van der Waals surface area contributed by atoms with E-state index in [9.17, 15) is 4.79 Å². The Labute approximate surface area is 95.5 Å². The Balaban J connectivity index is 1.92. The van der Waals surface area contributed by atoms with E-state index in [1.165, 1.54) is 12.8 Å². The lowest BCUT2D eigenvalue weighted by Gasteiger charge is -2.12. The molecular weight excluding hydrogens is 204 g/mol. The number of carbonyl (C=O) groups is 1. The van der Waals surface area contributed by atoms with Crippen molar-refractivity contribution < 1.29 is 4.79 Å². The molecule has 1 aliphatic carbocycles. The lowest BCUT2D eigenvalue weighted by molar-refractivity contribution is -0.129. The first-order valence-electron chi connectivity index (χ1n) is 5.60. The van der Waals surface area contributed by atoms with E-state index < -0.39 is 0 Å². The fourth-order valence-electron chi connectivity index (χ4n) is 1.46. The van der Waals surface area contributed by atoms with Crippen LogP contribution in [0.1, 0.15) is 18.7 Å². The van der Waals surface area contributed by atoms with Gasteiger partial charge in [-0.05, 0) is 12.8 Å². The van der Waals surface area contributed by atoms with Crippen molar-refractivity contribution in [3.63, 3.8) is 0 Å². The van der Waals surface area contributed by atoms with Crippen molar-refractivity contribution in [2.45, 2.75) is 32.0 Å². The minimum Gasteiger partial charge on any atom is -0.347 e. The van der Waals surface area contributed by atoms with E-state index >= 15 is 0 Å². The second-order valence-corrected chi connectivity index (χ2v) is 4.41. The minimum absolute atomic E-state index is 0.0886. The summed E-state index contributed by atoms with van der Waals surface area (Å²) in [5.74, 6) is 1.02. The number of nitrogens with zero attached hydrogens (tertiary/aromatic N) is 3. The molecule has 1 aromatic heterocycles. The van der Waals surface area contributed by atoms with Crippen molar-refractivity contribution >= 4 is 5.91 Å². The van der Waals surface area contributed by atoms with Crippen LogP contribution in [0.2, 0.25) is 0 Å². The molecule has 1 aliphatic rings. The normalized spacial score (nSPS) is 15.1. The maximum atomic E-state index is 11.6. The Morgan fingerprint density at radius 1 is 1.62 bits per heavy atom. The topological polar surface area (TPSA) is 50.2 Å². The fourth-order valence-corrected chi connectivity index (χ4v) is 1.46. The number of hydrogen-bond donors (Lipinski definition) is 1. The summed E-state index contributed by atoms with van der Waals surface area (Å²) in [5, 5.41) is 3.39. The van der Waals surface area contributed by atoms with Gasteiger partial charge in [0.25, 0.3) is 0 Å². The number of amides is 1. The van der Waals surface area contributed by atoms with E-state index in [0.29, 0.717) is 12.6 Å². The fraction of sp³-hybridized carbons (Fsp3) is 0.636. The molecule has 0 atom stereocenters. The van der Waals surface area contributed by atoms with Gasteiger partial charge < -0.3 is 14.8 Å². The van der Waals surface area contributed by atoms with Crippen LogP contribution in [0.15, 0.2) is 12.4 Å². The predicted octanol–water partition coefficient (Wildman–Crippen LogP) is 0.223. The van der Waals surface area contributed by atoms with Crippen LogP contribution >= 0.6 is 0 Å². The highest BCUT2D eigenvalue weighted by atomic mass is 16.2. The van der Waals surface area contributed by atoms with Gasteiger partial charge in [0.1, 0.15) is 12.4 Å². The number of rotatable bonds is 5. The summed E-state index contributed by atoms with van der Waals surface area (Å²) >= 11 is 0. The standard InChI is InChI=1S/C11H18N4O/c1-14(2)11(16)8-15-6-5-12-10(15)7-13-9-3-4-9/h5-6,9,13H,3-4,7-8H2,1-2H3. The van der Waals surface area contributed by atoms with E-state index in [1.54, 1.807) is 25.2 Å². The Kier molecular flexibility index (Phi) is 3.24. The summed E-state index contributed by atoms with van der Waals surface area (Å²) in [6, 6.07) is 0.662. The molecule has 0 saturated heterocycles. The molecule has 5 nitrogen and oxygen atoms in total. The van der Waals surface area contributed by atoms with Crippen LogP contribution in [0.25, 0.3) is 0 Å². The van der Waals surface area contributed by atoms with Crippen molar-refractivity contribution in [1.29, 1.82) is 0 Å². The van der Waals surface area contributed by atoms with Gasteiger partial charge in [0.2, 0.25) is 5.91 Å². The predicted molar refractivity (Wildman–Crippen MR) is 60.8 cm³/mol. The maximum Gasteiger partial charge on any atom is 0.242 e. The van der Waals surface area contributed by atoms with Crippen molar-refractivity contribution in [3.05, 3.63) is 18.2 Å². The van der Waals surface area contributed by atoms with Crippen LogP contribution in [0.5, 0.6) is 0 Å². The average Bonchev–Trinajstić information content (AvgIpc) is 2.97. The van der Waals surface area contributed by atoms with Gasteiger partial charge in [0, 0.05) is 32.5 Å². The quantitative estimate of drug-likeness (QED) is 0.775. The van der Waals surface area contributed by atoms with Crippen LogP contribution in [0.3, 0.4) is 0 Å². The van der Waals surface area contributed by atoms with Crippen LogP contribution in [-0.2, 0) is 17.9 Å². The summed E-state index contributed by atoms with van der Waals surface area (Å²) in [6.45, 7) is 1.12. The first-order valence-corrected chi connectivity index (χ1v) is 5.60. The van der Waals surface area contributed by atoms with Gasteiger partial charge in [-0.1, -0.05) is 0 Å². The highest BCUT2D eigenvalue weighted by Gasteiger charge is 2.21. The van der Waals surface area contributed by atoms with E-state index in [2.05, 4.69) is 10.3 Å². The Hall–Kier alpha value is -1.36. The summed E-state index contributed by atoms with van der Waals surface area (Å²) in [6.07, 6.45) is 6.12. The molecule has 1 N–H and O–H groups in total. The van der Waals surface area contributed by atoms with E-state index in [4.69, 9.17) is 0 Å². The third-order valence-electron chi connectivity index (χ3n) is 2.73. The van der Waals surface area contributed by atoms with E-state index in [1.807, 2.05) is 10.8 Å². The number of aromatic nitrogens is 2. The Bertz CT molecular complexity index is 368. The van der Waals surface area contributed by atoms with Crippen molar-refractivity contribution in [2.75, 3.05) is 14.1 Å². The molecule has 0 unspecified atom stereocenters. The van der Waals surface area contributed by atoms with Crippen molar-refractivity contribution in [3.8, 4) is 0 Å². The van der Waals surface area contributed by atoms with Crippen LogP contribution in [0, 0.1) is 0 Å². The molecule has 0 radical (unpaired) electrons. The SMILES string of the molecule is CN(C)C(=O)Cn1ccnc1CNC1CC1. The first kappa shape index (κ1) is 11.1. The van der Waals surface area contributed by atoms with Gasteiger partial charge in [-0.25, -0.2) is 4.98 Å². The molecule has 16 heavy (non-hydrogen) atoms. The van der Waals surface area contributed by atoms with Crippen LogP contribution in [-0.4, -0.2) is 40.5 Å². The first-order chi connectivity index (χ1) is 7.66. The number of nitrogens with one attached hydrogen (secondary N) is 1. The number of hydrogen-bond acceptors (Lipinski definition) is 3. The third-order valence-corrected chi connectivity index (χ3v) is 2.73. The molecule has 2 rings (SSSR count). The zero-order valence-corrected chi connectivity index (χ0v) is 9.81. The van der Waals surface area contributed by atoms with Gasteiger partial charge in [0.15, 0.2) is 0 Å². The lowest BCUT2D eigenvalue weighted by Crippen LogP contribution is -2.28. The zero-order valence-electron chi connectivity index (χ0n) is 9.81. The van der Waals surface area contributed by atoms with E-state index in [0.717, 1.165) is 12.4 Å². The number of likely N-dealkylation sites (N-methyl/N-ethyl adjacent to an activating group) is 1. The molecule has 88 valence electrons. The summed E-state index contributed by atoms with van der Waals surface area (Å²) in [7, 11) is 3.53. The van der Waals surface area contributed by atoms with Crippen molar-refractivity contribution in [1.82, 2.24) is 19.8 Å². The third kappa shape index (κ3) is 2.82. The maximum absolute atomic E-state index is 11.6. The molecule has 0 bridgehead atoms. The molecule has 1 fully saturated rings. The highest BCUT2D eigenvalue weighted by Crippen LogP contribution is 2.19. The van der Waals surface area contributed by atoms with Gasteiger partial charge in [0.05, 0.1) is 6.54 Å². The zero-order chi connectivity index (χ0) is 11.5. The Morgan fingerprint density at radius 3 is 3.00 bits per heavy atom. The summed E-state index contributed by atoms with van der Waals surface area (Å²) in [5.41, 5.74) is 0. The molecule has 1 aromatic rings. The molecule has 0 spiro atoms. The molecule has 1 heterocycles. The van der Waals surface area contributed by atoms with Crippen molar-refractivity contribution in [2.24, 2.45) is 0 Å². The molecule has 1 amide bonds. The summed E-state index contributed by atoms with van der Waals surface area (Å²) in [4.78, 5) is 17.4. The molecule has 0 aliphatic heterocycles. The molecule has 5 heteroatoms. The number of imidazole rings is 1. The molecular formula is C11H18N4O. The minimum atomic E-state index is 0.0886. The Morgan fingerprint density at radius 2 is 2.38 bits per heavy atom. The lowest BCUT2D eigenvalue weighted by atomic mass is 10.5. The smallest absolute Gasteiger partial charge is 0.242 e. The average molecular weight is 222 g/mol. The highest BCUT2D eigenvalue weighted by molar-refractivity contribution is 5.75. The largest absolute Gasteiger partial charge is 0.347 e. The number of carbonyl (C=O) groups excluding carboxylic acids is 1. The van der Waals surface area contributed by atoms with Gasteiger partial charge in [-0.3, -0.25) is 4.79 Å². The van der Waals surface area contributed by atoms with Gasteiger partial charge >= 0.3 is 0 Å². The van der Waals surface area contributed by atoms with E-state index in [-0.39, 0.29) is 5.91 Å². The second-order valence-electron chi connectivity index (χ2n) is 4.41. The van der Waals surface area contributed by atoms with Gasteiger partial charge in [-0.15, -0.1) is 0 Å². The molecule has 1 saturated carbocycles. The second kappa shape index (κ2) is 4.65. The van der Waals surface area contributed by atoms with Gasteiger partial charge in [-0.2, -0.15) is 0 Å². The van der Waals surface area contributed by atoms with Crippen LogP contribution < -0.4 is 5.32 Å². The molecule has 0 aromatic carbocycles. The van der Waals surface area contributed by atoms with Crippen LogP contribution in [0.4, 0.5) is 0 Å².